The van der Waals surface area contributed by atoms with Gasteiger partial charge in [0.15, 0.2) is 0 Å². The fourth-order valence-corrected chi connectivity index (χ4v) is 4.17. The van der Waals surface area contributed by atoms with Gasteiger partial charge >= 0.3 is 0 Å². The predicted molar refractivity (Wildman–Crippen MR) is 50.6 cm³/mol. The minimum Gasteiger partial charge on any atom is -0.280 e. The van der Waals surface area contributed by atoms with Crippen molar-refractivity contribution >= 4 is 36.4 Å². The summed E-state index contributed by atoms with van der Waals surface area (Å²) < 4.78 is 22.6. The molecule has 0 amide bonds. The van der Waals surface area contributed by atoms with Crippen molar-refractivity contribution in [1.82, 2.24) is 0 Å². The fourth-order valence-electron chi connectivity index (χ4n) is 1.06. The van der Waals surface area contributed by atoms with Crippen molar-refractivity contribution in [3.05, 3.63) is 28.8 Å². The first-order valence-electron chi connectivity index (χ1n) is 3.29. The van der Waals surface area contributed by atoms with Crippen LogP contribution in [0.1, 0.15) is 10.4 Å². The van der Waals surface area contributed by atoms with Crippen molar-refractivity contribution in [1.29, 1.82) is 0 Å². The summed E-state index contributed by atoms with van der Waals surface area (Å²) in [5, 5.41) is -0.121. The molecule has 0 N–H and O–H groups in total. The summed E-state index contributed by atoms with van der Waals surface area (Å²) in [5.74, 6) is 0. The van der Waals surface area contributed by atoms with Crippen LogP contribution in [0.15, 0.2) is 23.1 Å². The summed E-state index contributed by atoms with van der Waals surface area (Å²) in [6.07, 6.45) is 0. The second kappa shape index (κ2) is 2.73. The lowest BCUT2D eigenvalue weighted by molar-refractivity contribution is 0.108. The van der Waals surface area contributed by atoms with Gasteiger partial charge in [-0.2, -0.15) is 0 Å². The van der Waals surface area contributed by atoms with Crippen LogP contribution in [0, 0.1) is 0 Å². The summed E-state index contributed by atoms with van der Waals surface area (Å²) in [5.41, 5.74) is 0.217. The molecule has 0 unspecified atom stereocenters. The van der Waals surface area contributed by atoms with Crippen LogP contribution < -0.4 is 0 Å². The highest BCUT2D eigenvalue weighted by Crippen LogP contribution is 2.38. The summed E-state index contributed by atoms with van der Waals surface area (Å²) in [4.78, 5) is 11.2. The van der Waals surface area contributed by atoms with Gasteiger partial charge in [-0.15, -0.1) is 0 Å². The van der Waals surface area contributed by atoms with Gasteiger partial charge in [-0.25, -0.2) is 8.42 Å². The van der Waals surface area contributed by atoms with Crippen LogP contribution in [0.3, 0.4) is 0 Å². The van der Waals surface area contributed by atoms with E-state index in [4.69, 9.17) is 11.6 Å². The molecule has 0 spiro atoms. The Kier molecular flexibility index (Phi) is 1.90. The number of carbonyl (C=O) groups excluding carboxylic acids is 1. The van der Waals surface area contributed by atoms with E-state index in [2.05, 4.69) is 0 Å². The van der Waals surface area contributed by atoms with E-state index in [1.165, 1.54) is 18.2 Å². The van der Waals surface area contributed by atoms with Crippen LogP contribution >= 0.6 is 22.4 Å². The van der Waals surface area contributed by atoms with Gasteiger partial charge in [0, 0.05) is 10.6 Å². The minimum absolute atomic E-state index is 0.0231. The third kappa shape index (κ3) is 1.37. The molecule has 0 aromatic heterocycles. The largest absolute Gasteiger partial charge is 0.280 e. The van der Waals surface area contributed by atoms with E-state index in [1.54, 1.807) is 0 Å². The van der Waals surface area contributed by atoms with Crippen molar-refractivity contribution in [2.45, 2.75) is 4.90 Å². The van der Waals surface area contributed by atoms with E-state index >= 15 is 0 Å². The van der Waals surface area contributed by atoms with Crippen LogP contribution in [0.4, 0.5) is 0 Å². The van der Waals surface area contributed by atoms with Crippen LogP contribution in [0.5, 0.6) is 0 Å². The van der Waals surface area contributed by atoms with Crippen molar-refractivity contribution in [3.63, 3.8) is 0 Å². The normalized spacial score (nSPS) is 18.7. The monoisotopic (exact) mass is 234 g/mol. The molecule has 1 aliphatic heterocycles. The average Bonchev–Trinajstić information content (AvgIpc) is 2.23. The molecule has 1 aromatic carbocycles. The molecule has 6 heteroatoms. The molecule has 0 atom stereocenters. The highest BCUT2D eigenvalue weighted by atomic mass is 35.5. The van der Waals surface area contributed by atoms with Gasteiger partial charge < -0.3 is 0 Å². The maximum Gasteiger partial charge on any atom is 0.238 e. The Hall–Kier alpha value is -0.520. The molecule has 0 bridgehead atoms. The summed E-state index contributed by atoms with van der Waals surface area (Å²) in [6.45, 7) is 0. The molecule has 0 radical (unpaired) electrons. The lowest BCUT2D eigenvalue weighted by Crippen LogP contribution is -1.89. The molecule has 0 aliphatic carbocycles. The van der Waals surface area contributed by atoms with Crippen LogP contribution in [0.25, 0.3) is 0 Å². The van der Waals surface area contributed by atoms with E-state index in [0.29, 0.717) is 15.8 Å². The molecule has 1 aliphatic rings. The standard InChI is InChI=1S/C7H3ClO3S2/c8-4-1-2-5-6(3-4)13(10,11)12-7(5)9/h1-3H. The van der Waals surface area contributed by atoms with Crippen LogP contribution in [-0.2, 0) is 8.87 Å². The maximum absolute atomic E-state index is 11.3. The molecule has 13 heavy (non-hydrogen) atoms. The highest BCUT2D eigenvalue weighted by Gasteiger charge is 2.34. The lowest BCUT2D eigenvalue weighted by Gasteiger charge is -1.94. The third-order valence-corrected chi connectivity index (χ3v) is 4.97. The summed E-state index contributed by atoms with van der Waals surface area (Å²) in [7, 11) is -3.16. The quantitative estimate of drug-likeness (QED) is 0.644. The zero-order valence-electron chi connectivity index (χ0n) is 6.15. The van der Waals surface area contributed by atoms with Crippen molar-refractivity contribution < 1.29 is 13.2 Å². The number of hydrogen-bond acceptors (Lipinski definition) is 4. The van der Waals surface area contributed by atoms with E-state index in [1.807, 2.05) is 0 Å². The molecule has 2 rings (SSSR count). The molecular weight excluding hydrogens is 232 g/mol. The van der Waals surface area contributed by atoms with Crippen molar-refractivity contribution in [2.24, 2.45) is 0 Å². The van der Waals surface area contributed by atoms with Crippen LogP contribution in [-0.4, -0.2) is 13.5 Å². The summed E-state index contributed by atoms with van der Waals surface area (Å²) >= 11 is 5.61. The Morgan fingerprint density at radius 2 is 2.00 bits per heavy atom. The van der Waals surface area contributed by atoms with Gasteiger partial charge in [-0.3, -0.25) is 4.79 Å². The fraction of sp³-hybridized carbons (Fsp3) is 0. The average molecular weight is 235 g/mol. The number of hydrogen-bond donors (Lipinski definition) is 0. The van der Waals surface area contributed by atoms with E-state index in [9.17, 15) is 13.2 Å². The smallest absolute Gasteiger partial charge is 0.238 e. The Morgan fingerprint density at radius 1 is 1.31 bits per heavy atom. The first-order chi connectivity index (χ1) is 6.00. The second-order valence-corrected chi connectivity index (χ2v) is 6.60. The number of fused-ring (bicyclic) bond motifs is 1. The maximum atomic E-state index is 11.3. The summed E-state index contributed by atoms with van der Waals surface area (Å²) in [6, 6.07) is 4.22. The minimum atomic E-state index is -3.49. The van der Waals surface area contributed by atoms with Gasteiger partial charge in [0.1, 0.15) is 0 Å². The Morgan fingerprint density at radius 3 is 2.69 bits per heavy atom. The van der Waals surface area contributed by atoms with E-state index < -0.39 is 14.0 Å². The molecule has 1 heterocycles. The van der Waals surface area contributed by atoms with Gasteiger partial charge in [0.05, 0.1) is 15.7 Å². The first kappa shape index (κ1) is 9.05. The molecule has 3 nitrogen and oxygen atoms in total. The second-order valence-electron chi connectivity index (χ2n) is 2.47. The topological polar surface area (TPSA) is 51.2 Å². The molecular formula is C7H3ClO3S2. The van der Waals surface area contributed by atoms with Gasteiger partial charge in [-0.1, -0.05) is 11.6 Å². The van der Waals surface area contributed by atoms with Crippen LogP contribution in [0.2, 0.25) is 5.02 Å². The molecule has 0 saturated heterocycles. The number of halogens is 1. The van der Waals surface area contributed by atoms with Gasteiger partial charge in [0.25, 0.3) is 0 Å². The van der Waals surface area contributed by atoms with Crippen molar-refractivity contribution in [2.75, 3.05) is 0 Å². The highest BCUT2D eigenvalue weighted by molar-refractivity contribution is 8.78. The zero-order chi connectivity index (χ0) is 9.64. The molecule has 0 saturated carbocycles. The van der Waals surface area contributed by atoms with Gasteiger partial charge in [-0.05, 0) is 18.2 Å². The molecule has 68 valence electrons. The predicted octanol–water partition coefficient (Wildman–Crippen LogP) is 1.92. The first-order valence-corrected chi connectivity index (χ1v) is 6.48. The third-order valence-electron chi connectivity index (χ3n) is 1.62. The Labute approximate surface area is 83.4 Å². The number of rotatable bonds is 0. The molecule has 0 fully saturated rings. The lowest BCUT2D eigenvalue weighted by atomic mass is 10.2. The Balaban J connectivity index is 2.81. The Bertz CT molecular complexity index is 492. The molecule has 1 aromatic rings. The van der Waals surface area contributed by atoms with E-state index in [-0.39, 0.29) is 10.5 Å². The SMILES string of the molecule is O=C1SS(=O)(=O)c2cc(Cl)ccc21. The van der Waals surface area contributed by atoms with Crippen molar-refractivity contribution in [3.8, 4) is 0 Å². The zero-order valence-corrected chi connectivity index (χ0v) is 8.54. The number of carbonyl (C=O) groups is 1. The number of benzene rings is 1. The van der Waals surface area contributed by atoms with Gasteiger partial charge in [0.2, 0.25) is 14.0 Å². The van der Waals surface area contributed by atoms with E-state index in [0.717, 1.165) is 0 Å².